The van der Waals surface area contributed by atoms with Crippen LogP contribution in [-0.4, -0.2) is 35.9 Å². The van der Waals surface area contributed by atoms with Gasteiger partial charge in [-0.05, 0) is 6.92 Å². The van der Waals surface area contributed by atoms with Gasteiger partial charge >= 0.3 is 6.18 Å². The van der Waals surface area contributed by atoms with Crippen LogP contribution < -0.4 is 10.9 Å². The lowest BCUT2D eigenvalue weighted by molar-refractivity contribution is -0.141. The van der Waals surface area contributed by atoms with Crippen molar-refractivity contribution in [3.05, 3.63) is 34.1 Å². The number of aromatic amines is 2. The van der Waals surface area contributed by atoms with Gasteiger partial charge in [0.05, 0.1) is 12.5 Å². The molecule has 3 heterocycles. The van der Waals surface area contributed by atoms with Crippen molar-refractivity contribution in [2.45, 2.75) is 19.6 Å². The molecular weight excluding hydrogens is 331 g/mol. The number of carbonyl (C=O) groups is 1. The lowest BCUT2D eigenvalue weighted by Crippen LogP contribution is -2.20. The van der Waals surface area contributed by atoms with Crippen LogP contribution in [0.2, 0.25) is 0 Å². The lowest BCUT2D eigenvalue weighted by Gasteiger charge is -2.06. The van der Waals surface area contributed by atoms with Crippen molar-refractivity contribution in [1.29, 1.82) is 0 Å². The van der Waals surface area contributed by atoms with Crippen LogP contribution >= 0.6 is 0 Å². The van der Waals surface area contributed by atoms with Gasteiger partial charge in [-0.3, -0.25) is 14.7 Å². The molecule has 0 bridgehead atoms. The van der Waals surface area contributed by atoms with Gasteiger partial charge in [-0.2, -0.15) is 23.4 Å². The molecule has 0 radical (unpaired) electrons. The maximum Gasteiger partial charge on any atom is 0.433 e. The van der Waals surface area contributed by atoms with Gasteiger partial charge in [-0.1, -0.05) is 0 Å². The topological polar surface area (TPSA) is 121 Å². The molecule has 126 valence electrons. The Morgan fingerprint density at radius 2 is 2.17 bits per heavy atom. The largest absolute Gasteiger partial charge is 0.433 e. The van der Waals surface area contributed by atoms with Crippen molar-refractivity contribution < 1.29 is 18.0 Å². The first-order valence-electron chi connectivity index (χ1n) is 6.58. The number of rotatable bonds is 3. The van der Waals surface area contributed by atoms with E-state index in [9.17, 15) is 22.8 Å². The van der Waals surface area contributed by atoms with Gasteiger partial charge in [-0.25, -0.2) is 9.67 Å². The fraction of sp³-hybridized carbons (Fsp3) is 0.250. The van der Waals surface area contributed by atoms with Crippen LogP contribution in [-0.2, 0) is 17.5 Å². The van der Waals surface area contributed by atoms with Crippen molar-refractivity contribution in [3.8, 4) is 0 Å². The van der Waals surface area contributed by atoms with E-state index in [4.69, 9.17) is 0 Å². The lowest BCUT2D eigenvalue weighted by atomic mass is 10.2. The molecule has 3 N–H and O–H groups in total. The van der Waals surface area contributed by atoms with E-state index in [1.54, 1.807) is 0 Å². The third kappa shape index (κ3) is 2.73. The zero-order chi connectivity index (χ0) is 17.5. The van der Waals surface area contributed by atoms with Crippen LogP contribution in [0.1, 0.15) is 11.3 Å². The van der Waals surface area contributed by atoms with Crippen LogP contribution in [0.25, 0.3) is 11.0 Å². The zero-order valence-corrected chi connectivity index (χ0v) is 12.1. The minimum atomic E-state index is -4.59. The number of alkyl halides is 3. The van der Waals surface area contributed by atoms with Gasteiger partial charge in [0.25, 0.3) is 5.56 Å². The van der Waals surface area contributed by atoms with Crippen molar-refractivity contribution in [2.24, 2.45) is 0 Å². The second kappa shape index (κ2) is 5.47. The van der Waals surface area contributed by atoms with Crippen LogP contribution in [0.3, 0.4) is 0 Å². The molecule has 3 rings (SSSR count). The van der Waals surface area contributed by atoms with Crippen molar-refractivity contribution in [1.82, 2.24) is 29.9 Å². The van der Waals surface area contributed by atoms with E-state index < -0.39 is 23.3 Å². The second-order valence-corrected chi connectivity index (χ2v) is 4.89. The molecule has 0 spiro atoms. The molecule has 3 aromatic rings. The number of nitrogens with zero attached hydrogens (tertiary/aromatic N) is 4. The number of hydrogen-bond donors (Lipinski definition) is 3. The molecule has 0 atom stereocenters. The molecule has 12 heteroatoms. The van der Waals surface area contributed by atoms with E-state index in [-0.39, 0.29) is 29.0 Å². The number of aromatic nitrogens is 6. The highest BCUT2D eigenvalue weighted by Crippen LogP contribution is 2.32. The van der Waals surface area contributed by atoms with Gasteiger partial charge in [-0.15, -0.1) is 0 Å². The molecule has 1 amide bonds. The van der Waals surface area contributed by atoms with Crippen LogP contribution in [0, 0.1) is 6.92 Å². The number of hydrogen-bond acceptors (Lipinski definition) is 5. The molecule has 0 fully saturated rings. The summed E-state index contributed by atoms with van der Waals surface area (Å²) in [5.41, 5.74) is -1.49. The molecule has 0 aliphatic heterocycles. The van der Waals surface area contributed by atoms with Crippen molar-refractivity contribution in [2.75, 3.05) is 5.32 Å². The molecule has 0 aromatic carbocycles. The van der Waals surface area contributed by atoms with Gasteiger partial charge in [0, 0.05) is 5.56 Å². The predicted octanol–water partition coefficient (Wildman–Crippen LogP) is 0.809. The Morgan fingerprint density at radius 3 is 2.83 bits per heavy atom. The number of carbonyl (C=O) groups excluding carboxylic acids is 1. The fourth-order valence-corrected chi connectivity index (χ4v) is 2.12. The third-order valence-corrected chi connectivity index (χ3v) is 3.28. The van der Waals surface area contributed by atoms with Crippen molar-refractivity contribution in [3.63, 3.8) is 0 Å². The average molecular weight is 341 g/mol. The first-order chi connectivity index (χ1) is 11.3. The molecule has 9 nitrogen and oxygen atoms in total. The molecule has 0 aliphatic carbocycles. The summed E-state index contributed by atoms with van der Waals surface area (Å²) >= 11 is 0. The van der Waals surface area contributed by atoms with Crippen LogP contribution in [0.15, 0.2) is 17.3 Å². The number of amides is 1. The van der Waals surface area contributed by atoms with E-state index in [0.29, 0.717) is 0 Å². The highest BCUT2D eigenvalue weighted by molar-refractivity contribution is 5.91. The summed E-state index contributed by atoms with van der Waals surface area (Å²) in [7, 11) is 0. The molecule has 3 aromatic heterocycles. The highest BCUT2D eigenvalue weighted by atomic mass is 19.4. The van der Waals surface area contributed by atoms with E-state index in [0.717, 1.165) is 11.0 Å². The quantitative estimate of drug-likeness (QED) is 0.651. The summed E-state index contributed by atoms with van der Waals surface area (Å²) < 4.78 is 39.2. The molecule has 0 aliphatic rings. The van der Waals surface area contributed by atoms with E-state index in [2.05, 4.69) is 25.5 Å². The maximum absolute atomic E-state index is 12.7. The predicted molar refractivity (Wildman–Crippen MR) is 75.1 cm³/mol. The third-order valence-electron chi connectivity index (χ3n) is 3.28. The Morgan fingerprint density at radius 1 is 1.42 bits per heavy atom. The summed E-state index contributed by atoms with van der Waals surface area (Å²) in [5.74, 6) is -0.889. The summed E-state index contributed by atoms with van der Waals surface area (Å²) in [6.07, 6.45) is -2.19. The standard InChI is InChI=1S/C12H10F3N7O2/c1-5-8(12(13,14)15)20-21-9(5)19-7(23)3-22-10-6(2-18-22)11(24)17-4-16-10/h2,4H,3H2,1H3,(H,16,17,24)(H2,19,20,21,23). The van der Waals surface area contributed by atoms with Gasteiger partial charge in [0.15, 0.2) is 11.5 Å². The van der Waals surface area contributed by atoms with E-state index in [1.165, 1.54) is 13.1 Å². The molecule has 0 unspecified atom stereocenters. The van der Waals surface area contributed by atoms with Gasteiger partial charge in [0.2, 0.25) is 5.91 Å². The van der Waals surface area contributed by atoms with Crippen LogP contribution in [0.4, 0.5) is 19.0 Å². The Bertz CT molecular complexity index is 969. The van der Waals surface area contributed by atoms with Crippen LogP contribution in [0.5, 0.6) is 0 Å². The van der Waals surface area contributed by atoms with E-state index >= 15 is 0 Å². The molecule has 0 saturated carbocycles. The number of halogens is 3. The summed E-state index contributed by atoms with van der Waals surface area (Å²) in [5, 5.41) is 11.6. The molecule has 24 heavy (non-hydrogen) atoms. The Hall–Kier alpha value is -3.18. The summed E-state index contributed by atoms with van der Waals surface area (Å²) in [4.78, 5) is 29.8. The SMILES string of the molecule is Cc1c(NC(=O)Cn2ncc3c(=O)[nH]cnc32)n[nH]c1C(F)(F)F. The van der Waals surface area contributed by atoms with Gasteiger partial charge in [0.1, 0.15) is 17.6 Å². The normalized spacial score (nSPS) is 11.8. The number of anilines is 1. The summed E-state index contributed by atoms with van der Waals surface area (Å²) in [6, 6.07) is 0. The van der Waals surface area contributed by atoms with Gasteiger partial charge < -0.3 is 10.3 Å². The number of H-pyrrole nitrogens is 2. The minimum absolute atomic E-state index is 0.184. The number of fused-ring (bicyclic) bond motifs is 1. The number of nitrogens with one attached hydrogen (secondary N) is 3. The first-order valence-corrected chi connectivity index (χ1v) is 6.58. The second-order valence-electron chi connectivity index (χ2n) is 4.89. The summed E-state index contributed by atoms with van der Waals surface area (Å²) in [6.45, 7) is 0.847. The Kier molecular flexibility index (Phi) is 3.58. The maximum atomic E-state index is 12.7. The molecule has 0 saturated heterocycles. The smallest absolute Gasteiger partial charge is 0.312 e. The molecular formula is C12H10F3N7O2. The minimum Gasteiger partial charge on any atom is -0.312 e. The van der Waals surface area contributed by atoms with Crippen molar-refractivity contribution >= 4 is 22.8 Å². The highest BCUT2D eigenvalue weighted by Gasteiger charge is 2.36. The fourth-order valence-electron chi connectivity index (χ4n) is 2.12. The monoisotopic (exact) mass is 341 g/mol. The first kappa shape index (κ1) is 15.7. The van der Waals surface area contributed by atoms with E-state index in [1.807, 2.05) is 5.10 Å². The Labute approximate surface area is 130 Å². The average Bonchev–Trinajstić information content (AvgIpc) is 3.05. The zero-order valence-electron chi connectivity index (χ0n) is 12.1. The Balaban J connectivity index is 1.80.